The maximum atomic E-state index is 11.4. The van der Waals surface area contributed by atoms with Crippen LogP contribution in [-0.2, 0) is 9.53 Å². The summed E-state index contributed by atoms with van der Waals surface area (Å²) in [6.45, 7) is 2.21. The number of allylic oxidation sites excluding steroid dienone is 1. The van der Waals surface area contributed by atoms with E-state index >= 15 is 0 Å². The number of carbonyl (C=O) groups excluding carboxylic acids is 1. The smallest absolute Gasteiger partial charge is 0.327 e. The first-order valence-corrected chi connectivity index (χ1v) is 5.33. The van der Waals surface area contributed by atoms with Gasteiger partial charge in [-0.15, -0.1) is 0 Å². The van der Waals surface area contributed by atoms with Crippen molar-refractivity contribution in [2.75, 3.05) is 6.61 Å². The van der Waals surface area contributed by atoms with E-state index in [1.54, 1.807) is 6.92 Å². The van der Waals surface area contributed by atoms with Gasteiger partial charge in [-0.05, 0) is 43.6 Å². The normalized spacial score (nSPS) is 31.4. The quantitative estimate of drug-likeness (QED) is 0.544. The van der Waals surface area contributed by atoms with Crippen molar-refractivity contribution in [2.24, 2.45) is 17.6 Å². The van der Waals surface area contributed by atoms with Crippen LogP contribution in [0, 0.1) is 11.8 Å². The van der Waals surface area contributed by atoms with E-state index in [9.17, 15) is 4.79 Å². The Morgan fingerprint density at radius 1 is 1.71 bits per heavy atom. The van der Waals surface area contributed by atoms with E-state index in [0.29, 0.717) is 6.61 Å². The van der Waals surface area contributed by atoms with Crippen molar-refractivity contribution >= 4 is 5.97 Å². The molecule has 2 aliphatic carbocycles. The van der Waals surface area contributed by atoms with Crippen molar-refractivity contribution in [3.05, 3.63) is 11.6 Å². The van der Waals surface area contributed by atoms with E-state index in [1.165, 1.54) is 6.42 Å². The number of ether oxygens (including phenoxy) is 1. The van der Waals surface area contributed by atoms with Gasteiger partial charge in [0.25, 0.3) is 0 Å². The number of hydrogen-bond acceptors (Lipinski definition) is 3. The van der Waals surface area contributed by atoms with Crippen molar-refractivity contribution in [3.8, 4) is 0 Å². The molecule has 0 heterocycles. The zero-order valence-corrected chi connectivity index (χ0v) is 8.53. The second-order valence-electron chi connectivity index (χ2n) is 4.20. The van der Waals surface area contributed by atoms with Crippen LogP contribution in [0.1, 0.15) is 26.2 Å². The molecule has 0 aliphatic heterocycles. The molecule has 0 aromatic carbocycles. The van der Waals surface area contributed by atoms with Gasteiger partial charge in [0.05, 0.1) is 6.61 Å². The molecule has 0 aromatic rings. The highest BCUT2D eigenvalue weighted by Gasteiger charge is 2.40. The summed E-state index contributed by atoms with van der Waals surface area (Å²) in [5.41, 5.74) is 6.90. The maximum absolute atomic E-state index is 11.4. The fourth-order valence-electron chi connectivity index (χ4n) is 2.18. The topological polar surface area (TPSA) is 52.3 Å². The third kappa shape index (κ3) is 1.82. The lowest BCUT2D eigenvalue weighted by atomic mass is 9.94. The van der Waals surface area contributed by atoms with E-state index in [2.05, 4.69) is 6.08 Å². The lowest BCUT2D eigenvalue weighted by molar-refractivity contribution is -0.143. The number of carbonyl (C=O) groups is 1. The minimum Gasteiger partial charge on any atom is -0.465 e. The summed E-state index contributed by atoms with van der Waals surface area (Å²) in [5.74, 6) is 1.40. The number of hydrogen-bond donors (Lipinski definition) is 1. The Labute approximate surface area is 84.3 Å². The lowest BCUT2D eigenvalue weighted by Crippen LogP contribution is -2.35. The SMILES string of the molecule is CCOC(=O)[C@H](N)C1=CCC2CC2C1. The number of nitrogens with two attached hydrogens (primary N) is 1. The van der Waals surface area contributed by atoms with Crippen molar-refractivity contribution in [3.63, 3.8) is 0 Å². The second-order valence-corrected chi connectivity index (χ2v) is 4.20. The molecular weight excluding hydrogens is 178 g/mol. The van der Waals surface area contributed by atoms with Crippen molar-refractivity contribution in [1.29, 1.82) is 0 Å². The summed E-state index contributed by atoms with van der Waals surface area (Å²) >= 11 is 0. The summed E-state index contributed by atoms with van der Waals surface area (Å²) in [4.78, 5) is 11.4. The highest BCUT2D eigenvalue weighted by atomic mass is 16.5. The zero-order chi connectivity index (χ0) is 10.1. The minimum absolute atomic E-state index is 0.280. The van der Waals surface area contributed by atoms with Crippen molar-refractivity contribution < 1.29 is 9.53 Å². The fraction of sp³-hybridized carbons (Fsp3) is 0.727. The Balaban J connectivity index is 1.93. The average Bonchev–Trinajstić information content (AvgIpc) is 2.94. The van der Waals surface area contributed by atoms with Gasteiger partial charge in [-0.1, -0.05) is 6.08 Å². The van der Waals surface area contributed by atoms with Gasteiger partial charge in [-0.25, -0.2) is 0 Å². The number of fused-ring (bicyclic) bond motifs is 1. The van der Waals surface area contributed by atoms with Gasteiger partial charge >= 0.3 is 5.97 Å². The Morgan fingerprint density at radius 3 is 3.14 bits per heavy atom. The fourth-order valence-corrected chi connectivity index (χ4v) is 2.18. The lowest BCUT2D eigenvalue weighted by Gasteiger charge is -2.17. The Morgan fingerprint density at radius 2 is 2.50 bits per heavy atom. The van der Waals surface area contributed by atoms with E-state index in [1.807, 2.05) is 0 Å². The molecule has 1 saturated carbocycles. The summed E-state index contributed by atoms with van der Waals surface area (Å²) in [6.07, 6.45) is 5.56. The molecule has 2 unspecified atom stereocenters. The molecule has 2 rings (SSSR count). The Hall–Kier alpha value is -0.830. The highest BCUT2D eigenvalue weighted by molar-refractivity contribution is 5.79. The summed E-state index contributed by atoms with van der Waals surface area (Å²) in [5, 5.41) is 0. The van der Waals surface area contributed by atoms with Gasteiger partial charge < -0.3 is 10.5 Å². The van der Waals surface area contributed by atoms with E-state index in [-0.39, 0.29) is 5.97 Å². The van der Waals surface area contributed by atoms with Gasteiger partial charge in [0, 0.05) is 0 Å². The molecule has 0 radical (unpaired) electrons. The van der Waals surface area contributed by atoms with Crippen LogP contribution in [0.5, 0.6) is 0 Å². The van der Waals surface area contributed by atoms with E-state index in [4.69, 9.17) is 10.5 Å². The van der Waals surface area contributed by atoms with Crippen LogP contribution in [0.15, 0.2) is 11.6 Å². The molecule has 2 aliphatic rings. The molecule has 3 atom stereocenters. The molecule has 0 aromatic heterocycles. The van der Waals surface area contributed by atoms with Crippen LogP contribution in [-0.4, -0.2) is 18.6 Å². The zero-order valence-electron chi connectivity index (χ0n) is 8.53. The summed E-state index contributed by atoms with van der Waals surface area (Å²) in [6, 6.07) is -0.517. The molecule has 3 nitrogen and oxygen atoms in total. The van der Waals surface area contributed by atoms with Gasteiger partial charge in [-0.2, -0.15) is 0 Å². The Kier molecular flexibility index (Phi) is 2.59. The standard InChI is InChI=1S/C11H17NO2/c1-2-14-11(13)10(12)8-4-3-7-5-9(7)6-8/h4,7,9-10H,2-3,5-6,12H2,1H3/t7?,9?,10-/m1/s1. The highest BCUT2D eigenvalue weighted by Crippen LogP contribution is 2.49. The van der Waals surface area contributed by atoms with Gasteiger partial charge in [0.15, 0.2) is 0 Å². The minimum atomic E-state index is -0.517. The molecule has 78 valence electrons. The van der Waals surface area contributed by atoms with Crippen LogP contribution in [0.3, 0.4) is 0 Å². The molecule has 0 amide bonds. The molecule has 0 spiro atoms. The number of rotatable bonds is 3. The van der Waals surface area contributed by atoms with Crippen molar-refractivity contribution in [2.45, 2.75) is 32.2 Å². The maximum Gasteiger partial charge on any atom is 0.327 e. The molecular formula is C11H17NO2. The molecule has 14 heavy (non-hydrogen) atoms. The predicted molar refractivity (Wildman–Crippen MR) is 53.5 cm³/mol. The first-order valence-electron chi connectivity index (χ1n) is 5.33. The van der Waals surface area contributed by atoms with Crippen LogP contribution in [0.4, 0.5) is 0 Å². The number of esters is 1. The molecule has 0 saturated heterocycles. The second kappa shape index (κ2) is 3.73. The van der Waals surface area contributed by atoms with Crippen LogP contribution in [0.25, 0.3) is 0 Å². The first kappa shape index (κ1) is 9.71. The molecule has 1 fully saturated rings. The third-order valence-corrected chi connectivity index (χ3v) is 3.19. The first-order chi connectivity index (χ1) is 6.72. The molecule has 3 heteroatoms. The average molecular weight is 195 g/mol. The van der Waals surface area contributed by atoms with Crippen molar-refractivity contribution in [1.82, 2.24) is 0 Å². The summed E-state index contributed by atoms with van der Waals surface area (Å²) < 4.78 is 4.90. The largest absolute Gasteiger partial charge is 0.465 e. The molecule has 0 bridgehead atoms. The predicted octanol–water partition coefficient (Wildman–Crippen LogP) is 1.23. The summed E-state index contributed by atoms with van der Waals surface area (Å²) in [7, 11) is 0. The van der Waals surface area contributed by atoms with Crippen LogP contribution in [0.2, 0.25) is 0 Å². The van der Waals surface area contributed by atoms with Crippen LogP contribution < -0.4 is 5.73 Å². The van der Waals surface area contributed by atoms with E-state index < -0.39 is 6.04 Å². The Bertz CT molecular complexity index is 272. The monoisotopic (exact) mass is 195 g/mol. The van der Waals surface area contributed by atoms with Gasteiger partial charge in [-0.3, -0.25) is 4.79 Å². The van der Waals surface area contributed by atoms with E-state index in [0.717, 1.165) is 30.3 Å². The van der Waals surface area contributed by atoms with Crippen LogP contribution >= 0.6 is 0 Å². The van der Waals surface area contributed by atoms with Gasteiger partial charge in [0.2, 0.25) is 0 Å². The third-order valence-electron chi connectivity index (χ3n) is 3.19. The van der Waals surface area contributed by atoms with Gasteiger partial charge in [0.1, 0.15) is 6.04 Å². The molecule has 2 N–H and O–H groups in total.